The van der Waals surface area contributed by atoms with E-state index in [4.69, 9.17) is 9.15 Å². The van der Waals surface area contributed by atoms with Crippen LogP contribution < -0.4 is 9.64 Å². The van der Waals surface area contributed by atoms with E-state index in [2.05, 4.69) is 0 Å². The normalized spacial score (nSPS) is 10.8. The molecule has 24 heavy (non-hydrogen) atoms. The van der Waals surface area contributed by atoms with Crippen molar-refractivity contribution >= 4 is 22.6 Å². The van der Waals surface area contributed by atoms with Gasteiger partial charge in [-0.1, -0.05) is 18.2 Å². The lowest BCUT2D eigenvalue weighted by atomic mass is 10.1. The molecule has 0 aliphatic heterocycles. The van der Waals surface area contributed by atoms with Gasteiger partial charge in [0, 0.05) is 29.2 Å². The molecule has 0 spiro atoms. The number of hydrogen-bond donors (Lipinski definition) is 0. The average molecular weight is 323 g/mol. The number of likely N-dealkylation sites (N-methyl/N-ethyl adjacent to an activating group) is 1. The van der Waals surface area contributed by atoms with E-state index in [1.54, 1.807) is 13.4 Å². The smallest absolute Gasteiger partial charge is 0.231 e. The number of carbonyl (C=O) groups excluding carboxylic acids is 1. The van der Waals surface area contributed by atoms with Gasteiger partial charge in [0.05, 0.1) is 19.8 Å². The Hall–Kier alpha value is -2.75. The molecule has 0 radical (unpaired) electrons. The molecule has 0 fully saturated rings. The third-order valence-corrected chi connectivity index (χ3v) is 4.23. The van der Waals surface area contributed by atoms with Gasteiger partial charge >= 0.3 is 0 Å². The van der Waals surface area contributed by atoms with Crippen LogP contribution in [-0.4, -0.2) is 19.6 Å². The number of furan rings is 1. The molecule has 1 heterocycles. The maximum Gasteiger partial charge on any atom is 0.231 e. The van der Waals surface area contributed by atoms with Crippen LogP contribution in [0, 0.1) is 6.92 Å². The zero-order chi connectivity index (χ0) is 17.1. The van der Waals surface area contributed by atoms with Crippen molar-refractivity contribution in [2.45, 2.75) is 20.3 Å². The summed E-state index contributed by atoms with van der Waals surface area (Å²) in [5.74, 6) is 0.801. The number of amides is 1. The lowest BCUT2D eigenvalue weighted by Crippen LogP contribution is -2.32. The largest absolute Gasteiger partial charge is 0.497 e. The Bertz CT molecular complexity index is 866. The second kappa shape index (κ2) is 6.79. The summed E-state index contributed by atoms with van der Waals surface area (Å²) >= 11 is 0. The zero-order valence-electron chi connectivity index (χ0n) is 14.2. The molecule has 0 aliphatic carbocycles. The van der Waals surface area contributed by atoms with E-state index in [1.807, 2.05) is 61.2 Å². The fourth-order valence-electron chi connectivity index (χ4n) is 2.93. The van der Waals surface area contributed by atoms with Crippen LogP contribution in [-0.2, 0) is 11.2 Å². The molecule has 0 bridgehead atoms. The summed E-state index contributed by atoms with van der Waals surface area (Å²) in [6.07, 6.45) is 1.97. The van der Waals surface area contributed by atoms with Gasteiger partial charge in [0.1, 0.15) is 11.3 Å². The van der Waals surface area contributed by atoms with Gasteiger partial charge in [-0.2, -0.15) is 0 Å². The van der Waals surface area contributed by atoms with E-state index in [0.717, 1.165) is 33.5 Å². The highest BCUT2D eigenvalue weighted by atomic mass is 16.5. The maximum atomic E-state index is 12.8. The number of ether oxygens (including phenoxy) is 1. The zero-order valence-corrected chi connectivity index (χ0v) is 14.2. The minimum Gasteiger partial charge on any atom is -0.497 e. The number of aryl methyl sites for hydroxylation is 1. The van der Waals surface area contributed by atoms with Gasteiger partial charge in [-0.05, 0) is 37.6 Å². The van der Waals surface area contributed by atoms with Crippen molar-refractivity contribution in [3.05, 3.63) is 59.9 Å². The van der Waals surface area contributed by atoms with Crippen molar-refractivity contribution < 1.29 is 13.9 Å². The van der Waals surface area contributed by atoms with Gasteiger partial charge in [-0.15, -0.1) is 0 Å². The van der Waals surface area contributed by atoms with Crippen molar-refractivity contribution in [3.63, 3.8) is 0 Å². The van der Waals surface area contributed by atoms with Gasteiger partial charge in [-0.25, -0.2) is 0 Å². The molecule has 1 amide bonds. The van der Waals surface area contributed by atoms with Gasteiger partial charge in [-0.3, -0.25) is 4.79 Å². The number of carbonyl (C=O) groups is 1. The van der Waals surface area contributed by atoms with E-state index < -0.39 is 0 Å². The fourth-order valence-corrected chi connectivity index (χ4v) is 2.93. The summed E-state index contributed by atoms with van der Waals surface area (Å²) in [7, 11) is 1.62. The topological polar surface area (TPSA) is 42.7 Å². The third kappa shape index (κ3) is 3.00. The first kappa shape index (κ1) is 16.1. The number of anilines is 1. The molecule has 0 saturated carbocycles. The highest BCUT2D eigenvalue weighted by molar-refractivity contribution is 5.97. The molecule has 0 unspecified atom stereocenters. The van der Waals surface area contributed by atoms with Gasteiger partial charge in [0.15, 0.2) is 0 Å². The molecular weight excluding hydrogens is 302 g/mol. The van der Waals surface area contributed by atoms with E-state index in [9.17, 15) is 4.79 Å². The number of methoxy groups -OCH3 is 1. The Morgan fingerprint density at radius 3 is 2.71 bits per heavy atom. The second-order valence-corrected chi connectivity index (χ2v) is 5.72. The summed E-state index contributed by atoms with van der Waals surface area (Å²) in [4.78, 5) is 14.6. The minimum atomic E-state index is 0.0605. The molecule has 124 valence electrons. The van der Waals surface area contributed by atoms with Gasteiger partial charge in [0.25, 0.3) is 0 Å². The Balaban J connectivity index is 1.87. The molecule has 1 aromatic heterocycles. The maximum absolute atomic E-state index is 12.8. The number of rotatable bonds is 5. The first-order chi connectivity index (χ1) is 11.6. The number of para-hydroxylation sites is 1. The standard InChI is InChI=1S/C20H21NO3/c1-4-21(18-8-6-5-7-14(18)2)20(22)11-15-13-24-19-12-16(23-3)9-10-17(15)19/h5-10,12-13H,4,11H2,1-3H3. The molecule has 3 aromatic rings. The van der Waals surface area contributed by atoms with Crippen LogP contribution in [0.3, 0.4) is 0 Å². The SMILES string of the molecule is CCN(C(=O)Cc1coc2cc(OC)ccc12)c1ccccc1C. The highest BCUT2D eigenvalue weighted by Crippen LogP contribution is 2.27. The number of fused-ring (bicyclic) bond motifs is 1. The first-order valence-electron chi connectivity index (χ1n) is 8.04. The lowest BCUT2D eigenvalue weighted by molar-refractivity contribution is -0.117. The van der Waals surface area contributed by atoms with Crippen LogP contribution in [0.2, 0.25) is 0 Å². The van der Waals surface area contributed by atoms with Crippen LogP contribution in [0.15, 0.2) is 53.1 Å². The van der Waals surface area contributed by atoms with Crippen molar-refractivity contribution in [1.29, 1.82) is 0 Å². The van der Waals surface area contributed by atoms with E-state index >= 15 is 0 Å². The number of nitrogens with zero attached hydrogens (tertiary/aromatic N) is 1. The number of benzene rings is 2. The number of hydrogen-bond acceptors (Lipinski definition) is 3. The summed E-state index contributed by atoms with van der Waals surface area (Å²) in [6, 6.07) is 13.6. The molecule has 0 aliphatic rings. The van der Waals surface area contributed by atoms with E-state index in [0.29, 0.717) is 13.0 Å². The van der Waals surface area contributed by atoms with Crippen molar-refractivity contribution in [3.8, 4) is 5.75 Å². The monoisotopic (exact) mass is 323 g/mol. The quantitative estimate of drug-likeness (QED) is 0.701. The second-order valence-electron chi connectivity index (χ2n) is 5.72. The van der Waals surface area contributed by atoms with Crippen LogP contribution in [0.5, 0.6) is 5.75 Å². The van der Waals surface area contributed by atoms with Crippen molar-refractivity contribution in [2.75, 3.05) is 18.6 Å². The summed E-state index contributed by atoms with van der Waals surface area (Å²) in [5, 5.41) is 0.949. The highest BCUT2D eigenvalue weighted by Gasteiger charge is 2.18. The molecule has 4 nitrogen and oxygen atoms in total. The Morgan fingerprint density at radius 2 is 2.00 bits per heavy atom. The Kier molecular flexibility index (Phi) is 4.56. The molecule has 0 N–H and O–H groups in total. The van der Waals surface area contributed by atoms with Crippen LogP contribution >= 0.6 is 0 Å². The summed E-state index contributed by atoms with van der Waals surface area (Å²) in [6.45, 7) is 4.64. The fraction of sp³-hybridized carbons (Fsp3) is 0.250. The first-order valence-corrected chi connectivity index (χ1v) is 8.04. The predicted octanol–water partition coefficient (Wildman–Crippen LogP) is 4.35. The summed E-state index contributed by atoms with van der Waals surface area (Å²) < 4.78 is 10.8. The van der Waals surface area contributed by atoms with Gasteiger partial charge in [0.2, 0.25) is 5.91 Å². The molecule has 0 atom stereocenters. The van der Waals surface area contributed by atoms with E-state index in [1.165, 1.54) is 0 Å². The molecule has 4 heteroatoms. The lowest BCUT2D eigenvalue weighted by Gasteiger charge is -2.22. The predicted molar refractivity (Wildman–Crippen MR) is 95.7 cm³/mol. The Labute approximate surface area is 141 Å². The van der Waals surface area contributed by atoms with Gasteiger partial charge < -0.3 is 14.1 Å². The molecule has 3 rings (SSSR count). The van der Waals surface area contributed by atoms with Crippen LogP contribution in [0.1, 0.15) is 18.1 Å². The summed E-state index contributed by atoms with van der Waals surface area (Å²) in [5.41, 5.74) is 3.68. The molecular formula is C20H21NO3. The minimum absolute atomic E-state index is 0.0605. The molecule has 2 aromatic carbocycles. The van der Waals surface area contributed by atoms with Crippen LogP contribution in [0.4, 0.5) is 5.69 Å². The van der Waals surface area contributed by atoms with Crippen LogP contribution in [0.25, 0.3) is 11.0 Å². The average Bonchev–Trinajstić information content (AvgIpc) is 2.99. The molecule has 0 saturated heterocycles. The Morgan fingerprint density at radius 1 is 1.21 bits per heavy atom. The third-order valence-electron chi connectivity index (χ3n) is 4.23. The van der Waals surface area contributed by atoms with Crippen molar-refractivity contribution in [1.82, 2.24) is 0 Å². The van der Waals surface area contributed by atoms with Crippen molar-refractivity contribution in [2.24, 2.45) is 0 Å². The van der Waals surface area contributed by atoms with E-state index in [-0.39, 0.29) is 5.91 Å².